The summed E-state index contributed by atoms with van der Waals surface area (Å²) in [6, 6.07) is 15.4. The molecular formula is C19H22O3. The number of hydrogen-bond acceptors (Lipinski definition) is 3. The topological polar surface area (TPSA) is 35.5 Å². The van der Waals surface area contributed by atoms with Crippen LogP contribution in [-0.4, -0.2) is 19.0 Å². The number of carbonyl (C=O) groups excluding carboxylic acids is 1. The second kappa shape index (κ2) is 8.23. The van der Waals surface area contributed by atoms with Crippen molar-refractivity contribution >= 4 is 5.78 Å². The van der Waals surface area contributed by atoms with Crippen molar-refractivity contribution in [2.24, 2.45) is 0 Å². The van der Waals surface area contributed by atoms with Gasteiger partial charge in [-0.3, -0.25) is 4.79 Å². The molecular weight excluding hydrogens is 276 g/mol. The van der Waals surface area contributed by atoms with E-state index in [-0.39, 0.29) is 5.78 Å². The molecule has 22 heavy (non-hydrogen) atoms. The van der Waals surface area contributed by atoms with Gasteiger partial charge in [0.2, 0.25) is 0 Å². The second-order valence-electron chi connectivity index (χ2n) is 5.01. The summed E-state index contributed by atoms with van der Waals surface area (Å²) in [7, 11) is 0. The third-order valence-electron chi connectivity index (χ3n) is 3.27. The fraction of sp³-hybridized carbons (Fsp3) is 0.316. The molecule has 2 aromatic rings. The number of benzene rings is 2. The first-order valence-electron chi connectivity index (χ1n) is 7.67. The van der Waals surface area contributed by atoms with E-state index in [1.165, 1.54) is 0 Å². The number of carbonyl (C=O) groups is 1. The van der Waals surface area contributed by atoms with Crippen molar-refractivity contribution in [1.29, 1.82) is 0 Å². The van der Waals surface area contributed by atoms with Crippen molar-refractivity contribution in [3.8, 4) is 11.5 Å². The van der Waals surface area contributed by atoms with Gasteiger partial charge in [0.05, 0.1) is 13.2 Å². The van der Waals surface area contributed by atoms with Crippen LogP contribution in [0.3, 0.4) is 0 Å². The molecule has 0 atom stereocenters. The van der Waals surface area contributed by atoms with Gasteiger partial charge in [0.1, 0.15) is 17.3 Å². The number of Topliss-reactive ketones (excluding diaryl/α,β-unsaturated/α-hetero) is 1. The van der Waals surface area contributed by atoms with Gasteiger partial charge in [-0.1, -0.05) is 30.3 Å². The molecule has 0 spiro atoms. The number of ketones is 1. The molecule has 0 saturated carbocycles. The predicted octanol–water partition coefficient (Wildman–Crippen LogP) is 3.84. The van der Waals surface area contributed by atoms with Crippen LogP contribution in [0.5, 0.6) is 11.5 Å². The molecule has 2 aromatic carbocycles. The minimum absolute atomic E-state index is 0.167. The van der Waals surface area contributed by atoms with E-state index in [2.05, 4.69) is 0 Å². The van der Waals surface area contributed by atoms with Crippen LogP contribution in [0.4, 0.5) is 0 Å². The van der Waals surface area contributed by atoms with Crippen LogP contribution in [0.2, 0.25) is 0 Å². The Labute approximate surface area is 131 Å². The van der Waals surface area contributed by atoms with Crippen LogP contribution in [0.25, 0.3) is 0 Å². The molecule has 0 aliphatic carbocycles. The molecule has 0 aromatic heterocycles. The van der Waals surface area contributed by atoms with Crippen molar-refractivity contribution in [2.75, 3.05) is 13.2 Å². The summed E-state index contributed by atoms with van der Waals surface area (Å²) in [4.78, 5) is 12.3. The lowest BCUT2D eigenvalue weighted by molar-refractivity contribution is -0.117. The Balaban J connectivity index is 2.11. The van der Waals surface area contributed by atoms with E-state index in [9.17, 15) is 4.79 Å². The van der Waals surface area contributed by atoms with Gasteiger partial charge in [0.25, 0.3) is 0 Å². The standard InChI is InChI=1S/C19H22O3/c1-3-21-18-10-11-19(22-4-2)16(14-18)13-17(20)12-15-8-6-5-7-9-15/h5-11,14H,3-4,12-13H2,1-2H3. The molecule has 0 unspecified atom stereocenters. The lowest BCUT2D eigenvalue weighted by Crippen LogP contribution is -2.08. The van der Waals surface area contributed by atoms with Gasteiger partial charge in [0.15, 0.2) is 0 Å². The van der Waals surface area contributed by atoms with Gasteiger partial charge < -0.3 is 9.47 Å². The highest BCUT2D eigenvalue weighted by Crippen LogP contribution is 2.25. The third kappa shape index (κ3) is 4.62. The van der Waals surface area contributed by atoms with Crippen molar-refractivity contribution in [3.05, 3.63) is 59.7 Å². The lowest BCUT2D eigenvalue weighted by Gasteiger charge is -2.12. The zero-order chi connectivity index (χ0) is 15.8. The summed E-state index contributed by atoms with van der Waals surface area (Å²) in [6.07, 6.45) is 0.788. The lowest BCUT2D eigenvalue weighted by atomic mass is 10.0. The SMILES string of the molecule is CCOc1ccc(OCC)c(CC(=O)Cc2ccccc2)c1. The van der Waals surface area contributed by atoms with E-state index < -0.39 is 0 Å². The van der Waals surface area contributed by atoms with E-state index in [1.807, 2.05) is 62.4 Å². The first-order valence-corrected chi connectivity index (χ1v) is 7.67. The third-order valence-corrected chi connectivity index (χ3v) is 3.27. The molecule has 3 heteroatoms. The molecule has 0 aliphatic rings. The fourth-order valence-corrected chi connectivity index (χ4v) is 2.35. The van der Waals surface area contributed by atoms with Gasteiger partial charge in [-0.05, 0) is 37.6 Å². The molecule has 0 amide bonds. The van der Waals surface area contributed by atoms with Crippen molar-refractivity contribution < 1.29 is 14.3 Å². The molecule has 2 rings (SSSR count). The van der Waals surface area contributed by atoms with Crippen LogP contribution in [-0.2, 0) is 17.6 Å². The largest absolute Gasteiger partial charge is 0.494 e. The summed E-state index contributed by atoms with van der Waals surface area (Å²) >= 11 is 0. The smallest absolute Gasteiger partial charge is 0.141 e. The number of rotatable bonds is 8. The predicted molar refractivity (Wildman–Crippen MR) is 87.6 cm³/mol. The van der Waals surface area contributed by atoms with E-state index in [1.54, 1.807) is 0 Å². The zero-order valence-electron chi connectivity index (χ0n) is 13.2. The fourth-order valence-electron chi connectivity index (χ4n) is 2.35. The molecule has 0 bridgehead atoms. The Kier molecular flexibility index (Phi) is 6.01. The van der Waals surface area contributed by atoms with Gasteiger partial charge in [-0.15, -0.1) is 0 Å². The van der Waals surface area contributed by atoms with E-state index in [0.29, 0.717) is 26.1 Å². The Morgan fingerprint density at radius 3 is 2.32 bits per heavy atom. The highest BCUT2D eigenvalue weighted by atomic mass is 16.5. The average molecular weight is 298 g/mol. The van der Waals surface area contributed by atoms with Crippen LogP contribution < -0.4 is 9.47 Å². The van der Waals surface area contributed by atoms with Crippen molar-refractivity contribution in [2.45, 2.75) is 26.7 Å². The molecule has 0 N–H and O–H groups in total. The minimum Gasteiger partial charge on any atom is -0.494 e. The first kappa shape index (κ1) is 16.1. The Hall–Kier alpha value is -2.29. The highest BCUT2D eigenvalue weighted by Gasteiger charge is 2.11. The molecule has 3 nitrogen and oxygen atoms in total. The van der Waals surface area contributed by atoms with Crippen molar-refractivity contribution in [1.82, 2.24) is 0 Å². The molecule has 0 heterocycles. The summed E-state index contributed by atoms with van der Waals surface area (Å²) < 4.78 is 11.1. The molecule has 0 aliphatic heterocycles. The average Bonchev–Trinajstić information content (AvgIpc) is 2.51. The summed E-state index contributed by atoms with van der Waals surface area (Å²) in [5.74, 6) is 1.70. The Morgan fingerprint density at radius 1 is 0.909 bits per heavy atom. The minimum atomic E-state index is 0.167. The van der Waals surface area contributed by atoms with Crippen LogP contribution >= 0.6 is 0 Å². The maximum Gasteiger partial charge on any atom is 0.141 e. The quantitative estimate of drug-likeness (QED) is 0.743. The first-order chi connectivity index (χ1) is 10.7. The van der Waals surface area contributed by atoms with E-state index >= 15 is 0 Å². The normalized spacial score (nSPS) is 10.3. The molecule has 0 saturated heterocycles. The monoisotopic (exact) mass is 298 g/mol. The van der Waals surface area contributed by atoms with Crippen LogP contribution in [0, 0.1) is 0 Å². The number of ether oxygens (including phenoxy) is 2. The highest BCUT2D eigenvalue weighted by molar-refractivity contribution is 5.83. The Bertz CT molecular complexity index is 605. The van der Waals surface area contributed by atoms with Gasteiger partial charge in [-0.25, -0.2) is 0 Å². The van der Waals surface area contributed by atoms with Gasteiger partial charge >= 0.3 is 0 Å². The number of hydrogen-bond donors (Lipinski definition) is 0. The van der Waals surface area contributed by atoms with Crippen LogP contribution in [0.1, 0.15) is 25.0 Å². The van der Waals surface area contributed by atoms with Crippen molar-refractivity contribution in [3.63, 3.8) is 0 Å². The maximum absolute atomic E-state index is 12.3. The molecule has 116 valence electrons. The Morgan fingerprint density at radius 2 is 1.64 bits per heavy atom. The van der Waals surface area contributed by atoms with E-state index in [0.717, 1.165) is 22.6 Å². The summed E-state index contributed by atoms with van der Waals surface area (Å²) in [5, 5.41) is 0. The maximum atomic E-state index is 12.3. The van der Waals surface area contributed by atoms with Gasteiger partial charge in [-0.2, -0.15) is 0 Å². The van der Waals surface area contributed by atoms with Gasteiger partial charge in [0, 0.05) is 18.4 Å². The molecule has 0 fully saturated rings. The summed E-state index contributed by atoms with van der Waals surface area (Å²) in [5.41, 5.74) is 1.92. The van der Waals surface area contributed by atoms with Crippen LogP contribution in [0.15, 0.2) is 48.5 Å². The molecule has 0 radical (unpaired) electrons. The zero-order valence-corrected chi connectivity index (χ0v) is 13.2. The van der Waals surface area contributed by atoms with E-state index in [4.69, 9.17) is 9.47 Å². The summed E-state index contributed by atoms with van der Waals surface area (Å²) in [6.45, 7) is 5.06. The second-order valence-corrected chi connectivity index (χ2v) is 5.01.